The van der Waals surface area contributed by atoms with Crippen LogP contribution in [0.3, 0.4) is 0 Å². The molecule has 0 spiro atoms. The van der Waals surface area contributed by atoms with Gasteiger partial charge in [0.25, 0.3) is 0 Å². The zero-order chi connectivity index (χ0) is 28.0. The molecule has 210 valence electrons. The smallest absolute Gasteiger partial charge is 0.324 e. The monoisotopic (exact) mass is 552 g/mol. The van der Waals surface area contributed by atoms with E-state index in [1.54, 1.807) is 11.9 Å². The first kappa shape index (κ1) is 31.0. The summed E-state index contributed by atoms with van der Waals surface area (Å²) in [5.74, 6) is -1.60. The van der Waals surface area contributed by atoms with E-state index < -0.39 is 50.5 Å². The van der Waals surface area contributed by atoms with Crippen LogP contribution in [0.2, 0.25) is 0 Å². The molecule has 3 N–H and O–H groups in total. The number of alkyl halides is 3. The Balaban J connectivity index is 2.05. The summed E-state index contributed by atoms with van der Waals surface area (Å²) in [6.07, 6.45) is -0.683. The van der Waals surface area contributed by atoms with E-state index in [4.69, 9.17) is 5.73 Å². The fraction of sp³-hybridized carbons (Fsp3) is 0.667. The second-order valence-electron chi connectivity index (χ2n) is 9.80. The second-order valence-corrected chi connectivity index (χ2v) is 11.5. The third-order valence-electron chi connectivity index (χ3n) is 6.35. The molecule has 1 aliphatic rings. The summed E-state index contributed by atoms with van der Waals surface area (Å²) in [4.78, 5) is 27.7. The van der Waals surface area contributed by atoms with Gasteiger partial charge in [-0.3, -0.25) is 9.69 Å². The summed E-state index contributed by atoms with van der Waals surface area (Å²) in [6.45, 7) is 3.54. The van der Waals surface area contributed by atoms with E-state index in [-0.39, 0.29) is 44.0 Å². The minimum atomic E-state index is -5.06. The highest BCUT2D eigenvalue weighted by Crippen LogP contribution is 2.34. The van der Waals surface area contributed by atoms with Crippen molar-refractivity contribution in [3.63, 3.8) is 0 Å². The van der Waals surface area contributed by atoms with E-state index in [2.05, 4.69) is 4.72 Å². The predicted molar refractivity (Wildman–Crippen MR) is 130 cm³/mol. The number of urea groups is 1. The van der Waals surface area contributed by atoms with Crippen LogP contribution in [-0.4, -0.2) is 62.4 Å². The number of carbonyl (C=O) groups excluding carboxylic acids is 2. The number of imide groups is 1. The first-order chi connectivity index (χ1) is 17.1. The normalized spacial score (nSPS) is 15.7. The molecule has 13 heteroatoms. The number of sulfonamides is 1. The van der Waals surface area contributed by atoms with Crippen LogP contribution in [0.5, 0.6) is 0 Å². The Labute approximate surface area is 215 Å². The summed E-state index contributed by atoms with van der Waals surface area (Å²) in [5, 5.41) is 0. The molecule has 2 rings (SSSR count). The van der Waals surface area contributed by atoms with Crippen molar-refractivity contribution in [2.45, 2.75) is 81.9 Å². The molecule has 37 heavy (non-hydrogen) atoms. The largest absolute Gasteiger partial charge is 0.417 e. The maximum Gasteiger partial charge on any atom is 0.417 e. The first-order valence-electron chi connectivity index (χ1n) is 12.3. The predicted octanol–water partition coefficient (Wildman–Crippen LogP) is 4.10. The summed E-state index contributed by atoms with van der Waals surface area (Å²) in [7, 11) is -2.95. The summed E-state index contributed by atoms with van der Waals surface area (Å²) in [5.41, 5.74) is 4.45. The highest BCUT2D eigenvalue weighted by Gasteiger charge is 2.38. The van der Waals surface area contributed by atoms with Crippen LogP contribution in [-0.2, 0) is 21.0 Å². The fourth-order valence-electron chi connectivity index (χ4n) is 4.38. The van der Waals surface area contributed by atoms with Crippen LogP contribution in [0.4, 0.5) is 22.4 Å². The van der Waals surface area contributed by atoms with Crippen LogP contribution in [0.15, 0.2) is 23.1 Å². The standard InChI is InChI=1S/C24H36F4N4O4S/c1-16(2)14-20(29)22(33)32(23(34)31(3)18-8-4-5-9-18)13-7-6-12-30-37(35,36)21-11-10-17(25)15-19(21)24(26,27)28/h10-11,15-16,18,20,30H,4-9,12-14,29H2,1-3H3/t20-/m0/s1. The van der Waals surface area contributed by atoms with Crippen molar-refractivity contribution in [3.8, 4) is 0 Å². The number of benzene rings is 1. The van der Waals surface area contributed by atoms with Gasteiger partial charge in [0, 0.05) is 26.2 Å². The summed E-state index contributed by atoms with van der Waals surface area (Å²) >= 11 is 0. The molecule has 0 radical (unpaired) electrons. The number of halogens is 4. The number of nitrogens with zero attached hydrogens (tertiary/aromatic N) is 2. The molecule has 0 heterocycles. The van der Waals surface area contributed by atoms with Crippen molar-refractivity contribution in [2.75, 3.05) is 20.1 Å². The molecule has 1 aliphatic carbocycles. The Morgan fingerprint density at radius 2 is 1.78 bits per heavy atom. The first-order valence-corrected chi connectivity index (χ1v) is 13.8. The van der Waals surface area contributed by atoms with E-state index in [1.165, 1.54) is 0 Å². The van der Waals surface area contributed by atoms with Gasteiger partial charge in [-0.2, -0.15) is 13.2 Å². The highest BCUT2D eigenvalue weighted by atomic mass is 32.2. The van der Waals surface area contributed by atoms with E-state index in [1.807, 2.05) is 13.8 Å². The number of unbranched alkanes of at least 4 members (excludes halogenated alkanes) is 1. The van der Waals surface area contributed by atoms with Crippen molar-refractivity contribution in [3.05, 3.63) is 29.6 Å². The average Bonchev–Trinajstić information content (AvgIpc) is 3.34. The molecule has 0 bridgehead atoms. The number of nitrogens with one attached hydrogen (secondary N) is 1. The van der Waals surface area contributed by atoms with Gasteiger partial charge in [0.05, 0.1) is 16.5 Å². The Morgan fingerprint density at radius 1 is 1.16 bits per heavy atom. The van der Waals surface area contributed by atoms with Gasteiger partial charge in [-0.25, -0.2) is 22.3 Å². The Morgan fingerprint density at radius 3 is 2.35 bits per heavy atom. The average molecular weight is 553 g/mol. The van der Waals surface area contributed by atoms with Gasteiger partial charge in [-0.05, 0) is 56.2 Å². The molecule has 1 saturated carbocycles. The van der Waals surface area contributed by atoms with Gasteiger partial charge in [0.1, 0.15) is 5.82 Å². The topological polar surface area (TPSA) is 113 Å². The molecule has 0 saturated heterocycles. The number of rotatable bonds is 11. The van der Waals surface area contributed by atoms with Gasteiger partial charge < -0.3 is 10.6 Å². The number of hydrogen-bond donors (Lipinski definition) is 2. The fourth-order valence-corrected chi connectivity index (χ4v) is 5.66. The van der Waals surface area contributed by atoms with Crippen molar-refractivity contribution in [1.29, 1.82) is 0 Å². The van der Waals surface area contributed by atoms with Crippen LogP contribution in [0.1, 0.15) is 64.4 Å². The highest BCUT2D eigenvalue weighted by molar-refractivity contribution is 7.89. The maximum absolute atomic E-state index is 13.3. The van der Waals surface area contributed by atoms with Crippen LogP contribution in [0, 0.1) is 11.7 Å². The van der Waals surface area contributed by atoms with Crippen molar-refractivity contribution < 1.29 is 35.6 Å². The quantitative estimate of drug-likeness (QED) is 0.317. The minimum absolute atomic E-state index is 0.0212. The third kappa shape index (κ3) is 8.64. The van der Waals surface area contributed by atoms with Crippen molar-refractivity contribution in [2.24, 2.45) is 11.7 Å². The molecule has 1 aromatic carbocycles. The molecule has 1 aromatic rings. The van der Waals surface area contributed by atoms with E-state index >= 15 is 0 Å². The molecule has 0 aromatic heterocycles. The van der Waals surface area contributed by atoms with Crippen LogP contribution >= 0.6 is 0 Å². The lowest BCUT2D eigenvalue weighted by Gasteiger charge is -2.32. The van der Waals surface area contributed by atoms with Gasteiger partial charge in [0.15, 0.2) is 0 Å². The van der Waals surface area contributed by atoms with Gasteiger partial charge >= 0.3 is 12.2 Å². The number of carbonyl (C=O) groups is 2. The van der Waals surface area contributed by atoms with Gasteiger partial charge in [0.2, 0.25) is 15.9 Å². The summed E-state index contributed by atoms with van der Waals surface area (Å²) < 4.78 is 80.0. The molecule has 8 nitrogen and oxygen atoms in total. The van der Waals surface area contributed by atoms with E-state index in [0.717, 1.165) is 30.6 Å². The lowest BCUT2D eigenvalue weighted by Crippen LogP contribution is -2.53. The zero-order valence-corrected chi connectivity index (χ0v) is 22.2. The molecular formula is C24H36F4N4O4S. The van der Waals surface area contributed by atoms with Crippen LogP contribution in [0.25, 0.3) is 0 Å². The summed E-state index contributed by atoms with van der Waals surface area (Å²) in [6, 6.07) is 0.00513. The molecule has 0 unspecified atom stereocenters. The molecule has 1 fully saturated rings. The Kier molecular flexibility index (Phi) is 10.9. The number of hydrogen-bond acceptors (Lipinski definition) is 5. The number of amides is 3. The third-order valence-corrected chi connectivity index (χ3v) is 7.87. The van der Waals surface area contributed by atoms with Gasteiger partial charge in [-0.15, -0.1) is 0 Å². The van der Waals surface area contributed by atoms with E-state index in [0.29, 0.717) is 18.6 Å². The molecule has 1 atom stereocenters. The lowest BCUT2D eigenvalue weighted by molar-refractivity contribution is -0.140. The number of nitrogens with two attached hydrogens (primary N) is 1. The SMILES string of the molecule is CC(C)C[C@H](N)C(=O)N(CCCCNS(=O)(=O)c1ccc(F)cc1C(F)(F)F)C(=O)N(C)C1CCCC1. The zero-order valence-electron chi connectivity index (χ0n) is 21.4. The van der Waals surface area contributed by atoms with Gasteiger partial charge in [-0.1, -0.05) is 26.7 Å². The molecule has 3 amide bonds. The maximum atomic E-state index is 13.3. The van der Waals surface area contributed by atoms with E-state index in [9.17, 15) is 35.6 Å². The molecular weight excluding hydrogens is 516 g/mol. The minimum Gasteiger partial charge on any atom is -0.324 e. The Bertz CT molecular complexity index is 1040. The van der Waals surface area contributed by atoms with Crippen LogP contribution < -0.4 is 10.5 Å². The second kappa shape index (κ2) is 13.0. The lowest BCUT2D eigenvalue weighted by atomic mass is 10.0. The van der Waals surface area contributed by atoms with Crippen molar-refractivity contribution in [1.82, 2.24) is 14.5 Å². The molecule has 0 aliphatic heterocycles. The van der Waals surface area contributed by atoms with Crippen molar-refractivity contribution >= 4 is 22.0 Å². The Hall–Kier alpha value is -2.25.